The zero-order valence-corrected chi connectivity index (χ0v) is 16.8. The summed E-state index contributed by atoms with van der Waals surface area (Å²) in [6.07, 6.45) is 2.31. The Labute approximate surface area is 174 Å². The van der Waals surface area contributed by atoms with Crippen molar-refractivity contribution in [2.24, 2.45) is 0 Å². The lowest BCUT2D eigenvalue weighted by atomic mass is 9.98. The minimum Gasteiger partial charge on any atom is -0.490 e. The Morgan fingerprint density at radius 2 is 2.00 bits per heavy atom. The number of amides is 1. The van der Waals surface area contributed by atoms with Crippen LogP contribution < -0.4 is 10.2 Å². The van der Waals surface area contributed by atoms with E-state index in [0.29, 0.717) is 48.5 Å². The second kappa shape index (κ2) is 8.55. The Morgan fingerprint density at radius 1 is 1.17 bits per heavy atom. The number of nitrogens with zero attached hydrogens (tertiary/aromatic N) is 1. The molecule has 0 aliphatic carbocycles. The highest BCUT2D eigenvalue weighted by Gasteiger charge is 2.42. The van der Waals surface area contributed by atoms with Gasteiger partial charge in [-0.05, 0) is 36.2 Å². The third-order valence-electron chi connectivity index (χ3n) is 5.16. The van der Waals surface area contributed by atoms with Gasteiger partial charge in [0.25, 0.3) is 5.91 Å². The highest BCUT2D eigenvalue weighted by molar-refractivity contribution is 5.99. The molecule has 6 heteroatoms. The molecule has 6 nitrogen and oxygen atoms in total. The number of fused-ring (bicyclic) bond motifs is 2. The van der Waals surface area contributed by atoms with Crippen molar-refractivity contribution in [1.82, 2.24) is 4.90 Å². The summed E-state index contributed by atoms with van der Waals surface area (Å²) in [4.78, 5) is 28.3. The summed E-state index contributed by atoms with van der Waals surface area (Å²) in [6, 6.07) is 13.9. The number of ether oxygens (including phenoxy) is 2. The first kappa shape index (κ1) is 19.9. The van der Waals surface area contributed by atoms with E-state index in [-0.39, 0.29) is 17.1 Å². The number of benzene rings is 2. The molecule has 0 saturated carbocycles. The molecule has 2 aromatic carbocycles. The van der Waals surface area contributed by atoms with Gasteiger partial charge in [-0.3, -0.25) is 9.59 Å². The monoisotopic (exact) mass is 405 g/mol. The highest BCUT2D eigenvalue weighted by atomic mass is 16.5. The Bertz CT molecular complexity index is 1150. The van der Waals surface area contributed by atoms with Crippen LogP contribution in [0.2, 0.25) is 0 Å². The average Bonchev–Trinajstić information content (AvgIpc) is 3.05. The molecule has 1 atom stereocenters. The molecule has 3 aromatic rings. The molecule has 0 bridgehead atoms. The number of carbonyl (C=O) groups excluding carboxylic acids is 1. The van der Waals surface area contributed by atoms with Crippen molar-refractivity contribution < 1.29 is 18.7 Å². The number of carbonyl (C=O) groups is 1. The molecule has 0 saturated heterocycles. The quantitative estimate of drug-likeness (QED) is 0.419. The first-order chi connectivity index (χ1) is 14.7. The van der Waals surface area contributed by atoms with Crippen LogP contribution in [0.25, 0.3) is 11.0 Å². The van der Waals surface area contributed by atoms with Gasteiger partial charge in [-0.15, -0.1) is 0 Å². The van der Waals surface area contributed by atoms with Crippen molar-refractivity contribution in [2.45, 2.75) is 12.5 Å². The van der Waals surface area contributed by atoms with Crippen LogP contribution in [0.5, 0.6) is 5.75 Å². The summed E-state index contributed by atoms with van der Waals surface area (Å²) >= 11 is 0. The van der Waals surface area contributed by atoms with Crippen molar-refractivity contribution in [3.63, 3.8) is 0 Å². The number of para-hydroxylation sites is 1. The molecule has 154 valence electrons. The van der Waals surface area contributed by atoms with Crippen LogP contribution in [-0.2, 0) is 4.74 Å². The SMILES string of the molecule is C=CCOc1cccc([C@H]2c3c(oc4ccccc4c3=O)C(=O)N2CCCOC)c1. The fourth-order valence-corrected chi connectivity index (χ4v) is 3.85. The molecule has 1 aliphatic heterocycles. The molecule has 30 heavy (non-hydrogen) atoms. The van der Waals surface area contributed by atoms with Crippen LogP contribution in [-0.4, -0.2) is 37.7 Å². The summed E-state index contributed by atoms with van der Waals surface area (Å²) in [5, 5.41) is 0.465. The fourth-order valence-electron chi connectivity index (χ4n) is 3.85. The standard InChI is InChI=1S/C24H23NO5/c1-3-13-29-17-9-6-8-16(15-17)21-20-22(26)18-10-4-5-11-19(18)30-23(20)24(27)25(21)12-7-14-28-2/h3-6,8-11,15,21H,1,7,12-14H2,2H3/t21-/m0/s1. The molecular weight excluding hydrogens is 382 g/mol. The maximum absolute atomic E-state index is 13.4. The van der Waals surface area contributed by atoms with Crippen LogP contribution >= 0.6 is 0 Å². The summed E-state index contributed by atoms with van der Waals surface area (Å²) in [7, 11) is 1.62. The maximum Gasteiger partial charge on any atom is 0.290 e. The van der Waals surface area contributed by atoms with Crippen molar-refractivity contribution in [3.05, 3.63) is 88.3 Å². The lowest BCUT2D eigenvalue weighted by molar-refractivity contribution is 0.0707. The molecule has 0 radical (unpaired) electrons. The van der Waals surface area contributed by atoms with E-state index < -0.39 is 6.04 Å². The van der Waals surface area contributed by atoms with Crippen molar-refractivity contribution in [3.8, 4) is 5.75 Å². The van der Waals surface area contributed by atoms with Gasteiger partial charge in [0, 0.05) is 20.3 Å². The molecule has 1 amide bonds. The zero-order chi connectivity index (χ0) is 21.1. The van der Waals surface area contributed by atoms with Crippen LogP contribution in [0.3, 0.4) is 0 Å². The van der Waals surface area contributed by atoms with E-state index in [1.165, 1.54) is 0 Å². The first-order valence-corrected chi connectivity index (χ1v) is 9.85. The number of hydrogen-bond donors (Lipinski definition) is 0. The van der Waals surface area contributed by atoms with E-state index in [2.05, 4.69) is 6.58 Å². The molecule has 4 rings (SSSR count). The fraction of sp³-hybridized carbons (Fsp3) is 0.250. The van der Waals surface area contributed by atoms with Crippen LogP contribution in [0.1, 0.15) is 34.1 Å². The van der Waals surface area contributed by atoms with Crippen LogP contribution in [0, 0.1) is 0 Å². The topological polar surface area (TPSA) is 69.0 Å². The van der Waals surface area contributed by atoms with E-state index in [0.717, 1.165) is 5.56 Å². The molecule has 0 N–H and O–H groups in total. The molecule has 0 unspecified atom stereocenters. The predicted octanol–water partition coefficient (Wildman–Crippen LogP) is 3.94. The van der Waals surface area contributed by atoms with Gasteiger partial charge in [0.1, 0.15) is 17.9 Å². The Morgan fingerprint density at radius 3 is 2.80 bits per heavy atom. The third-order valence-corrected chi connectivity index (χ3v) is 5.16. The molecular formula is C24H23NO5. The number of methoxy groups -OCH3 is 1. The molecule has 1 aromatic heterocycles. The second-order valence-electron chi connectivity index (χ2n) is 7.09. The zero-order valence-electron chi connectivity index (χ0n) is 16.8. The lowest BCUT2D eigenvalue weighted by Crippen LogP contribution is -2.31. The largest absolute Gasteiger partial charge is 0.490 e. The van der Waals surface area contributed by atoms with Crippen LogP contribution in [0.4, 0.5) is 0 Å². The van der Waals surface area contributed by atoms with Gasteiger partial charge < -0.3 is 18.8 Å². The van der Waals surface area contributed by atoms with Gasteiger partial charge in [-0.2, -0.15) is 0 Å². The summed E-state index contributed by atoms with van der Waals surface area (Å²) in [5.41, 5.74) is 1.40. The summed E-state index contributed by atoms with van der Waals surface area (Å²) in [6.45, 7) is 4.99. The van der Waals surface area contributed by atoms with Gasteiger partial charge in [-0.25, -0.2) is 0 Å². The Balaban J connectivity index is 1.86. The van der Waals surface area contributed by atoms with E-state index in [1.807, 2.05) is 24.3 Å². The van der Waals surface area contributed by atoms with Crippen molar-refractivity contribution in [2.75, 3.05) is 26.9 Å². The minimum atomic E-state index is -0.544. The van der Waals surface area contributed by atoms with Gasteiger partial charge in [0.05, 0.1) is 17.0 Å². The van der Waals surface area contributed by atoms with Crippen molar-refractivity contribution >= 4 is 16.9 Å². The summed E-state index contributed by atoms with van der Waals surface area (Å²) < 4.78 is 16.7. The predicted molar refractivity (Wildman–Crippen MR) is 114 cm³/mol. The highest BCUT2D eigenvalue weighted by Crippen LogP contribution is 2.39. The lowest BCUT2D eigenvalue weighted by Gasteiger charge is -2.25. The van der Waals surface area contributed by atoms with E-state index in [1.54, 1.807) is 42.4 Å². The Kier molecular flexibility index (Phi) is 5.68. The normalized spacial score (nSPS) is 15.4. The Hall–Kier alpha value is -3.38. The van der Waals surface area contributed by atoms with Gasteiger partial charge in [0.15, 0.2) is 5.43 Å². The number of rotatable bonds is 8. The molecule has 0 fully saturated rings. The van der Waals surface area contributed by atoms with E-state index in [9.17, 15) is 9.59 Å². The maximum atomic E-state index is 13.4. The van der Waals surface area contributed by atoms with Gasteiger partial charge >= 0.3 is 0 Å². The van der Waals surface area contributed by atoms with Crippen LogP contribution in [0.15, 0.2) is 70.4 Å². The minimum absolute atomic E-state index is 0.110. The molecule has 0 spiro atoms. The van der Waals surface area contributed by atoms with E-state index in [4.69, 9.17) is 13.9 Å². The van der Waals surface area contributed by atoms with Crippen molar-refractivity contribution in [1.29, 1.82) is 0 Å². The van der Waals surface area contributed by atoms with Gasteiger partial charge in [0.2, 0.25) is 5.76 Å². The van der Waals surface area contributed by atoms with E-state index >= 15 is 0 Å². The smallest absolute Gasteiger partial charge is 0.290 e. The summed E-state index contributed by atoms with van der Waals surface area (Å²) in [5.74, 6) is 0.472. The molecule has 1 aliphatic rings. The third kappa shape index (κ3) is 3.50. The first-order valence-electron chi connectivity index (χ1n) is 9.85. The average molecular weight is 405 g/mol. The number of hydrogen-bond acceptors (Lipinski definition) is 5. The molecule has 2 heterocycles. The second-order valence-corrected chi connectivity index (χ2v) is 7.09. The van der Waals surface area contributed by atoms with Gasteiger partial charge in [-0.1, -0.05) is 36.9 Å².